The van der Waals surface area contributed by atoms with Crippen molar-refractivity contribution < 1.29 is 0 Å². The Hall–Kier alpha value is -0.780. The monoisotopic (exact) mass is 150 g/mol. The van der Waals surface area contributed by atoms with Gasteiger partial charge in [0.1, 0.15) is 0 Å². The standard InChI is InChI=1S/C11H18/c1-6-7-8-10(4)11(5)9(2)3/h6-8H,1-5H3/b7-6-,10-8+. The highest BCUT2D eigenvalue weighted by atomic mass is 14.0. The van der Waals surface area contributed by atoms with E-state index in [1.165, 1.54) is 16.7 Å². The van der Waals surface area contributed by atoms with E-state index >= 15 is 0 Å². The Balaban J connectivity index is 4.49. The van der Waals surface area contributed by atoms with Gasteiger partial charge in [-0.1, -0.05) is 23.8 Å². The Morgan fingerprint density at radius 1 is 1.00 bits per heavy atom. The summed E-state index contributed by atoms with van der Waals surface area (Å²) in [7, 11) is 0. The third-order valence-electron chi connectivity index (χ3n) is 1.88. The molecule has 0 fully saturated rings. The van der Waals surface area contributed by atoms with Gasteiger partial charge in [-0.05, 0) is 45.8 Å². The zero-order valence-electron chi connectivity index (χ0n) is 8.23. The van der Waals surface area contributed by atoms with E-state index in [-0.39, 0.29) is 0 Å². The average molecular weight is 150 g/mol. The van der Waals surface area contributed by atoms with Crippen molar-refractivity contribution >= 4 is 0 Å². The fourth-order valence-electron chi connectivity index (χ4n) is 0.760. The molecule has 0 unspecified atom stereocenters. The highest BCUT2D eigenvalue weighted by molar-refractivity contribution is 5.32. The number of rotatable bonds is 2. The average Bonchev–Trinajstić information content (AvgIpc) is 1.98. The van der Waals surface area contributed by atoms with E-state index in [2.05, 4.69) is 39.8 Å². The number of hydrogen-bond acceptors (Lipinski definition) is 0. The lowest BCUT2D eigenvalue weighted by Gasteiger charge is -2.01. The highest BCUT2D eigenvalue weighted by Crippen LogP contribution is 2.12. The van der Waals surface area contributed by atoms with Gasteiger partial charge in [0.25, 0.3) is 0 Å². The molecule has 0 nitrogen and oxygen atoms in total. The van der Waals surface area contributed by atoms with Crippen LogP contribution in [0.2, 0.25) is 0 Å². The van der Waals surface area contributed by atoms with E-state index in [4.69, 9.17) is 0 Å². The summed E-state index contributed by atoms with van der Waals surface area (Å²) in [6.07, 6.45) is 6.26. The Morgan fingerprint density at radius 3 is 1.91 bits per heavy atom. The molecule has 11 heavy (non-hydrogen) atoms. The lowest BCUT2D eigenvalue weighted by molar-refractivity contribution is 1.23. The third-order valence-corrected chi connectivity index (χ3v) is 1.88. The van der Waals surface area contributed by atoms with Gasteiger partial charge in [0.05, 0.1) is 0 Å². The molecule has 0 radical (unpaired) electrons. The van der Waals surface area contributed by atoms with Crippen molar-refractivity contribution in [2.75, 3.05) is 0 Å². The van der Waals surface area contributed by atoms with Crippen LogP contribution in [0, 0.1) is 0 Å². The summed E-state index contributed by atoms with van der Waals surface area (Å²) in [6.45, 7) is 10.6. The molecule has 0 saturated carbocycles. The predicted octanol–water partition coefficient (Wildman–Crippen LogP) is 3.87. The lowest BCUT2D eigenvalue weighted by Crippen LogP contribution is -1.81. The molecule has 0 aliphatic carbocycles. The van der Waals surface area contributed by atoms with Gasteiger partial charge in [0, 0.05) is 0 Å². The minimum Gasteiger partial charge on any atom is -0.0877 e. The van der Waals surface area contributed by atoms with Crippen molar-refractivity contribution in [2.24, 2.45) is 0 Å². The molecule has 0 amide bonds. The minimum atomic E-state index is 1.35. The summed E-state index contributed by atoms with van der Waals surface area (Å²) in [6, 6.07) is 0. The molecular weight excluding hydrogens is 132 g/mol. The smallest absolute Gasteiger partial charge is 0.0395 e. The number of hydrogen-bond donors (Lipinski definition) is 0. The molecule has 0 rings (SSSR count). The summed E-state index contributed by atoms with van der Waals surface area (Å²) >= 11 is 0. The van der Waals surface area contributed by atoms with Gasteiger partial charge < -0.3 is 0 Å². The SMILES string of the molecule is C/C=C\C=C(/C)C(C)=C(C)C. The van der Waals surface area contributed by atoms with Gasteiger partial charge in [-0.3, -0.25) is 0 Å². The minimum absolute atomic E-state index is 1.35. The summed E-state index contributed by atoms with van der Waals surface area (Å²) in [4.78, 5) is 0. The van der Waals surface area contributed by atoms with Crippen LogP contribution in [0.3, 0.4) is 0 Å². The molecule has 0 aromatic heterocycles. The first-order chi connectivity index (χ1) is 5.09. The fraction of sp³-hybridized carbons (Fsp3) is 0.455. The van der Waals surface area contributed by atoms with E-state index < -0.39 is 0 Å². The summed E-state index contributed by atoms with van der Waals surface area (Å²) in [5.74, 6) is 0. The maximum atomic E-state index is 2.16. The maximum absolute atomic E-state index is 2.16. The van der Waals surface area contributed by atoms with Crippen LogP contribution in [0.5, 0.6) is 0 Å². The largest absolute Gasteiger partial charge is 0.0877 e. The first kappa shape index (κ1) is 10.2. The number of allylic oxidation sites excluding steroid dienone is 6. The molecule has 0 aliphatic heterocycles. The molecule has 62 valence electrons. The summed E-state index contributed by atoms with van der Waals surface area (Å²) in [5, 5.41) is 0. The van der Waals surface area contributed by atoms with Crippen molar-refractivity contribution in [3.05, 3.63) is 34.9 Å². The van der Waals surface area contributed by atoms with Crippen molar-refractivity contribution in [1.29, 1.82) is 0 Å². The van der Waals surface area contributed by atoms with Crippen LogP contribution in [-0.4, -0.2) is 0 Å². The zero-order valence-corrected chi connectivity index (χ0v) is 8.23. The Labute approximate surface area is 70.3 Å². The van der Waals surface area contributed by atoms with Crippen LogP contribution in [0.15, 0.2) is 34.9 Å². The fourth-order valence-corrected chi connectivity index (χ4v) is 0.760. The quantitative estimate of drug-likeness (QED) is 0.524. The Kier molecular flexibility index (Phi) is 4.60. The molecule has 0 heterocycles. The molecule has 0 bridgehead atoms. The maximum Gasteiger partial charge on any atom is -0.0395 e. The molecule has 0 spiro atoms. The second kappa shape index (κ2) is 4.95. The van der Waals surface area contributed by atoms with Gasteiger partial charge in [0.15, 0.2) is 0 Å². The van der Waals surface area contributed by atoms with E-state index in [1.54, 1.807) is 0 Å². The topological polar surface area (TPSA) is 0 Å². The van der Waals surface area contributed by atoms with Crippen molar-refractivity contribution in [1.82, 2.24) is 0 Å². The van der Waals surface area contributed by atoms with Crippen LogP contribution in [0.1, 0.15) is 34.6 Å². The second-order valence-corrected chi connectivity index (χ2v) is 3.00. The van der Waals surface area contributed by atoms with Crippen LogP contribution < -0.4 is 0 Å². The highest BCUT2D eigenvalue weighted by Gasteiger charge is 1.92. The third kappa shape index (κ3) is 3.82. The van der Waals surface area contributed by atoms with Crippen LogP contribution in [-0.2, 0) is 0 Å². The van der Waals surface area contributed by atoms with E-state index in [1.807, 2.05) is 13.0 Å². The van der Waals surface area contributed by atoms with Crippen molar-refractivity contribution in [3.63, 3.8) is 0 Å². The van der Waals surface area contributed by atoms with Crippen LogP contribution in [0.25, 0.3) is 0 Å². The molecule has 0 aromatic carbocycles. The molecule has 0 atom stereocenters. The van der Waals surface area contributed by atoms with Gasteiger partial charge >= 0.3 is 0 Å². The van der Waals surface area contributed by atoms with E-state index in [0.717, 1.165) is 0 Å². The Morgan fingerprint density at radius 2 is 1.55 bits per heavy atom. The van der Waals surface area contributed by atoms with Crippen molar-refractivity contribution in [2.45, 2.75) is 34.6 Å². The van der Waals surface area contributed by atoms with Gasteiger partial charge in [-0.15, -0.1) is 0 Å². The van der Waals surface area contributed by atoms with Gasteiger partial charge in [0.2, 0.25) is 0 Å². The van der Waals surface area contributed by atoms with E-state index in [0.29, 0.717) is 0 Å². The zero-order chi connectivity index (χ0) is 8.85. The first-order valence-electron chi connectivity index (χ1n) is 4.03. The molecule has 0 N–H and O–H groups in total. The normalized spacial score (nSPS) is 12.3. The van der Waals surface area contributed by atoms with Crippen molar-refractivity contribution in [3.8, 4) is 0 Å². The first-order valence-corrected chi connectivity index (χ1v) is 4.03. The molecule has 0 aliphatic rings. The summed E-state index contributed by atoms with van der Waals surface area (Å²) in [5.41, 5.74) is 4.13. The Bertz CT molecular complexity index is 198. The molecular formula is C11H18. The lowest BCUT2D eigenvalue weighted by atomic mass is 10.0. The predicted molar refractivity (Wildman–Crippen MR) is 52.6 cm³/mol. The van der Waals surface area contributed by atoms with E-state index in [9.17, 15) is 0 Å². The molecule has 0 aromatic rings. The van der Waals surface area contributed by atoms with Crippen LogP contribution >= 0.6 is 0 Å². The summed E-state index contributed by atoms with van der Waals surface area (Å²) < 4.78 is 0. The molecule has 0 saturated heterocycles. The molecule has 0 heteroatoms. The van der Waals surface area contributed by atoms with Gasteiger partial charge in [-0.2, -0.15) is 0 Å². The second-order valence-electron chi connectivity index (χ2n) is 3.00. The van der Waals surface area contributed by atoms with Crippen LogP contribution in [0.4, 0.5) is 0 Å². The van der Waals surface area contributed by atoms with Gasteiger partial charge in [-0.25, -0.2) is 0 Å².